The van der Waals surface area contributed by atoms with Crippen molar-refractivity contribution in [1.82, 2.24) is 0 Å². The van der Waals surface area contributed by atoms with Crippen molar-refractivity contribution in [2.75, 3.05) is 0 Å². The molecule has 3 atom stereocenters. The van der Waals surface area contributed by atoms with Crippen LogP contribution in [0.15, 0.2) is 0 Å². The van der Waals surface area contributed by atoms with E-state index in [-0.39, 0.29) is 12.2 Å². The highest BCUT2D eigenvalue weighted by molar-refractivity contribution is 4.75. The van der Waals surface area contributed by atoms with Crippen LogP contribution in [0.25, 0.3) is 0 Å². The molecule has 0 heterocycles. The number of hydrogen-bond donors (Lipinski definition) is 2. The molecule has 0 amide bonds. The second-order valence-corrected chi connectivity index (χ2v) is 3.01. The van der Waals surface area contributed by atoms with Gasteiger partial charge in [0.05, 0.1) is 12.2 Å². The van der Waals surface area contributed by atoms with Gasteiger partial charge < -0.3 is 10.2 Å². The SMILES string of the molecule is C[C@@H]1CC[C@@H](O)C[C@H]1O. The highest BCUT2D eigenvalue weighted by atomic mass is 16.3. The molecule has 2 nitrogen and oxygen atoms in total. The Labute approximate surface area is 55.5 Å². The van der Waals surface area contributed by atoms with Crippen molar-refractivity contribution in [3.63, 3.8) is 0 Å². The standard InChI is InChI=1S/C7H14O2/c1-5-2-3-6(8)4-7(5)9/h5-9H,2-4H2,1H3/t5-,6-,7-/m1/s1. The molecule has 1 aliphatic carbocycles. The van der Waals surface area contributed by atoms with E-state index in [1.54, 1.807) is 0 Å². The lowest BCUT2D eigenvalue weighted by molar-refractivity contribution is 0.00730. The van der Waals surface area contributed by atoms with Gasteiger partial charge in [0.15, 0.2) is 0 Å². The molecule has 0 bridgehead atoms. The fraction of sp³-hybridized carbons (Fsp3) is 1.00. The van der Waals surface area contributed by atoms with E-state index in [0.29, 0.717) is 12.3 Å². The zero-order valence-electron chi connectivity index (χ0n) is 5.75. The lowest BCUT2D eigenvalue weighted by Crippen LogP contribution is -2.29. The molecule has 2 N–H and O–H groups in total. The summed E-state index contributed by atoms with van der Waals surface area (Å²) in [6, 6.07) is 0. The predicted molar refractivity (Wildman–Crippen MR) is 35.0 cm³/mol. The maximum Gasteiger partial charge on any atom is 0.0590 e. The molecule has 54 valence electrons. The van der Waals surface area contributed by atoms with Crippen molar-refractivity contribution in [2.24, 2.45) is 5.92 Å². The number of rotatable bonds is 0. The van der Waals surface area contributed by atoms with Crippen molar-refractivity contribution in [2.45, 2.75) is 38.4 Å². The second kappa shape index (κ2) is 2.67. The first-order valence-electron chi connectivity index (χ1n) is 3.56. The van der Waals surface area contributed by atoms with Crippen molar-refractivity contribution in [3.8, 4) is 0 Å². The fourth-order valence-corrected chi connectivity index (χ4v) is 1.28. The third-order valence-electron chi connectivity index (χ3n) is 2.13. The number of aliphatic hydroxyl groups excluding tert-OH is 2. The van der Waals surface area contributed by atoms with Crippen molar-refractivity contribution >= 4 is 0 Å². The molecular formula is C7H14O2. The summed E-state index contributed by atoms with van der Waals surface area (Å²) >= 11 is 0. The lowest BCUT2D eigenvalue weighted by atomic mass is 9.86. The Hall–Kier alpha value is -0.0800. The second-order valence-electron chi connectivity index (χ2n) is 3.01. The van der Waals surface area contributed by atoms with Gasteiger partial charge in [-0.05, 0) is 25.2 Å². The highest BCUT2D eigenvalue weighted by Crippen LogP contribution is 2.23. The summed E-state index contributed by atoms with van der Waals surface area (Å²) in [5.74, 6) is 0.383. The van der Waals surface area contributed by atoms with E-state index in [2.05, 4.69) is 0 Å². The van der Waals surface area contributed by atoms with Crippen molar-refractivity contribution < 1.29 is 10.2 Å². The van der Waals surface area contributed by atoms with Gasteiger partial charge in [0, 0.05) is 0 Å². The van der Waals surface area contributed by atoms with E-state index in [1.807, 2.05) is 6.92 Å². The number of aliphatic hydroxyl groups is 2. The summed E-state index contributed by atoms with van der Waals surface area (Å²) in [4.78, 5) is 0. The Morgan fingerprint density at radius 2 is 1.89 bits per heavy atom. The summed E-state index contributed by atoms with van der Waals surface area (Å²) in [6.07, 6.45) is 1.87. The van der Waals surface area contributed by atoms with Crippen molar-refractivity contribution in [3.05, 3.63) is 0 Å². The molecule has 1 fully saturated rings. The topological polar surface area (TPSA) is 40.5 Å². The minimum atomic E-state index is -0.270. The molecule has 0 aliphatic heterocycles. The van der Waals surface area contributed by atoms with Gasteiger partial charge in [-0.3, -0.25) is 0 Å². The summed E-state index contributed by atoms with van der Waals surface area (Å²) in [7, 11) is 0. The van der Waals surface area contributed by atoms with E-state index in [1.165, 1.54) is 0 Å². The smallest absolute Gasteiger partial charge is 0.0590 e. The van der Waals surface area contributed by atoms with Crippen LogP contribution in [-0.4, -0.2) is 22.4 Å². The van der Waals surface area contributed by atoms with Crippen LogP contribution in [0.3, 0.4) is 0 Å². The van der Waals surface area contributed by atoms with Gasteiger partial charge in [0.1, 0.15) is 0 Å². The molecule has 0 aromatic rings. The van der Waals surface area contributed by atoms with Crippen LogP contribution in [0, 0.1) is 5.92 Å². The third-order valence-corrected chi connectivity index (χ3v) is 2.13. The molecular weight excluding hydrogens is 116 g/mol. The first-order chi connectivity index (χ1) is 4.20. The van der Waals surface area contributed by atoms with E-state index >= 15 is 0 Å². The average Bonchev–Trinajstić information content (AvgIpc) is 1.80. The molecule has 1 aliphatic rings. The maximum absolute atomic E-state index is 9.19. The van der Waals surface area contributed by atoms with Gasteiger partial charge >= 0.3 is 0 Å². The van der Waals surface area contributed by atoms with E-state index in [4.69, 9.17) is 5.11 Å². The summed E-state index contributed by atoms with van der Waals surface area (Å²) < 4.78 is 0. The molecule has 0 spiro atoms. The maximum atomic E-state index is 9.19. The van der Waals surface area contributed by atoms with Crippen LogP contribution >= 0.6 is 0 Å². The largest absolute Gasteiger partial charge is 0.393 e. The Morgan fingerprint density at radius 1 is 1.22 bits per heavy atom. The Bertz CT molecular complexity index is 92.9. The molecule has 0 aromatic heterocycles. The third kappa shape index (κ3) is 1.66. The van der Waals surface area contributed by atoms with Crippen molar-refractivity contribution in [1.29, 1.82) is 0 Å². The monoisotopic (exact) mass is 130 g/mol. The van der Waals surface area contributed by atoms with E-state index < -0.39 is 0 Å². The molecule has 0 aromatic carbocycles. The fourth-order valence-electron chi connectivity index (χ4n) is 1.28. The molecule has 2 heteroatoms. The Kier molecular flexibility index (Phi) is 2.09. The van der Waals surface area contributed by atoms with Gasteiger partial charge in [-0.1, -0.05) is 6.92 Å². The van der Waals surface area contributed by atoms with Crippen LogP contribution in [0.1, 0.15) is 26.2 Å². The summed E-state index contributed by atoms with van der Waals surface area (Å²) in [5.41, 5.74) is 0. The van der Waals surface area contributed by atoms with Gasteiger partial charge in [-0.25, -0.2) is 0 Å². The predicted octanol–water partition coefficient (Wildman–Crippen LogP) is 0.528. The van der Waals surface area contributed by atoms with Crippen LogP contribution in [0.5, 0.6) is 0 Å². The first-order valence-corrected chi connectivity index (χ1v) is 3.56. The highest BCUT2D eigenvalue weighted by Gasteiger charge is 2.23. The molecule has 1 saturated carbocycles. The summed E-state index contributed by atoms with van der Waals surface area (Å²) in [6.45, 7) is 2.02. The Balaban J connectivity index is 2.35. The van der Waals surface area contributed by atoms with E-state index in [0.717, 1.165) is 12.8 Å². The first kappa shape index (κ1) is 7.03. The van der Waals surface area contributed by atoms with E-state index in [9.17, 15) is 5.11 Å². The minimum absolute atomic E-state index is 0.254. The quantitative estimate of drug-likeness (QED) is 0.502. The number of hydrogen-bond acceptors (Lipinski definition) is 2. The molecule has 0 saturated heterocycles. The molecule has 0 unspecified atom stereocenters. The minimum Gasteiger partial charge on any atom is -0.393 e. The van der Waals surface area contributed by atoms with Gasteiger partial charge in [-0.2, -0.15) is 0 Å². The lowest BCUT2D eigenvalue weighted by Gasteiger charge is -2.27. The molecule has 1 rings (SSSR count). The van der Waals surface area contributed by atoms with Gasteiger partial charge in [-0.15, -0.1) is 0 Å². The van der Waals surface area contributed by atoms with Crippen LogP contribution in [-0.2, 0) is 0 Å². The molecule has 9 heavy (non-hydrogen) atoms. The van der Waals surface area contributed by atoms with Gasteiger partial charge in [0.2, 0.25) is 0 Å². The Morgan fingerprint density at radius 3 is 2.33 bits per heavy atom. The van der Waals surface area contributed by atoms with Crippen LogP contribution in [0.2, 0.25) is 0 Å². The van der Waals surface area contributed by atoms with Crippen LogP contribution in [0.4, 0.5) is 0 Å². The summed E-state index contributed by atoms with van der Waals surface area (Å²) in [5, 5.41) is 18.2. The molecule has 0 radical (unpaired) electrons. The normalized spacial score (nSPS) is 45.0. The van der Waals surface area contributed by atoms with Gasteiger partial charge in [0.25, 0.3) is 0 Å². The zero-order valence-corrected chi connectivity index (χ0v) is 5.75. The van der Waals surface area contributed by atoms with Crippen LogP contribution < -0.4 is 0 Å². The average molecular weight is 130 g/mol. The zero-order chi connectivity index (χ0) is 6.85.